The molecule has 0 saturated heterocycles. The Hall–Kier alpha value is -0.650. The number of amides is 1. The quantitative estimate of drug-likeness (QED) is 0.560. The minimum absolute atomic E-state index is 0.132. The molecule has 2 N–H and O–H groups in total. The standard InChI is InChI=1S/C13H28N2O3/c1-4-17-8-6-15(7-9-18-5-2)13(16)10-12(3)11-14/h12H,4-11,14H2,1-3H3. The highest BCUT2D eigenvalue weighted by atomic mass is 16.5. The molecule has 5 nitrogen and oxygen atoms in total. The minimum atomic E-state index is 0.132. The van der Waals surface area contributed by atoms with Crippen LogP contribution in [0, 0.1) is 5.92 Å². The summed E-state index contributed by atoms with van der Waals surface area (Å²) in [6.07, 6.45) is 0.495. The van der Waals surface area contributed by atoms with E-state index in [0.29, 0.717) is 52.5 Å². The van der Waals surface area contributed by atoms with E-state index < -0.39 is 0 Å². The van der Waals surface area contributed by atoms with Gasteiger partial charge in [0.15, 0.2) is 0 Å². The van der Waals surface area contributed by atoms with Crippen LogP contribution in [0.1, 0.15) is 27.2 Å². The largest absolute Gasteiger partial charge is 0.380 e. The molecule has 0 spiro atoms. The first-order valence-electron chi connectivity index (χ1n) is 6.78. The van der Waals surface area contributed by atoms with Gasteiger partial charge in [0.1, 0.15) is 0 Å². The van der Waals surface area contributed by atoms with Crippen LogP contribution in [0.4, 0.5) is 0 Å². The molecule has 0 heterocycles. The van der Waals surface area contributed by atoms with Crippen molar-refractivity contribution in [2.45, 2.75) is 27.2 Å². The zero-order valence-electron chi connectivity index (χ0n) is 12.0. The van der Waals surface area contributed by atoms with Gasteiger partial charge in [0, 0.05) is 32.7 Å². The average Bonchev–Trinajstić information content (AvgIpc) is 2.37. The van der Waals surface area contributed by atoms with Gasteiger partial charge in [-0.05, 0) is 26.3 Å². The molecule has 0 radical (unpaired) electrons. The van der Waals surface area contributed by atoms with E-state index in [2.05, 4.69) is 0 Å². The molecule has 0 fully saturated rings. The Morgan fingerprint density at radius 1 is 1.17 bits per heavy atom. The first kappa shape index (κ1) is 17.4. The van der Waals surface area contributed by atoms with Crippen LogP contribution in [0.2, 0.25) is 0 Å². The number of nitrogens with two attached hydrogens (primary N) is 1. The molecular formula is C13H28N2O3. The Balaban J connectivity index is 4.11. The van der Waals surface area contributed by atoms with Crippen molar-refractivity contribution < 1.29 is 14.3 Å². The monoisotopic (exact) mass is 260 g/mol. The molecule has 1 unspecified atom stereocenters. The first-order valence-corrected chi connectivity index (χ1v) is 6.78. The molecule has 0 aliphatic carbocycles. The average molecular weight is 260 g/mol. The fourth-order valence-electron chi connectivity index (χ4n) is 1.51. The van der Waals surface area contributed by atoms with Crippen LogP contribution in [-0.2, 0) is 14.3 Å². The van der Waals surface area contributed by atoms with E-state index in [1.54, 1.807) is 4.90 Å². The summed E-state index contributed by atoms with van der Waals surface area (Å²) in [5.41, 5.74) is 5.54. The van der Waals surface area contributed by atoms with Crippen LogP contribution in [0.3, 0.4) is 0 Å². The summed E-state index contributed by atoms with van der Waals surface area (Å²) in [5, 5.41) is 0. The second-order valence-corrected chi connectivity index (χ2v) is 4.32. The number of ether oxygens (including phenoxy) is 2. The van der Waals surface area contributed by atoms with Crippen LogP contribution in [-0.4, -0.2) is 56.9 Å². The lowest BCUT2D eigenvalue weighted by molar-refractivity contribution is -0.133. The van der Waals surface area contributed by atoms with E-state index in [4.69, 9.17) is 15.2 Å². The molecule has 0 aromatic carbocycles. The fourth-order valence-corrected chi connectivity index (χ4v) is 1.51. The highest BCUT2D eigenvalue weighted by Gasteiger charge is 2.15. The third-order valence-electron chi connectivity index (χ3n) is 2.70. The van der Waals surface area contributed by atoms with Gasteiger partial charge in [-0.25, -0.2) is 0 Å². The lowest BCUT2D eigenvalue weighted by atomic mass is 10.1. The Morgan fingerprint density at radius 2 is 1.67 bits per heavy atom. The number of carbonyl (C=O) groups excluding carboxylic acids is 1. The first-order chi connectivity index (χ1) is 8.65. The Bertz CT molecular complexity index is 202. The third-order valence-corrected chi connectivity index (χ3v) is 2.70. The maximum absolute atomic E-state index is 12.1. The number of nitrogens with zero attached hydrogens (tertiary/aromatic N) is 1. The van der Waals surface area contributed by atoms with E-state index >= 15 is 0 Å². The van der Waals surface area contributed by atoms with Gasteiger partial charge in [0.2, 0.25) is 5.91 Å². The zero-order valence-corrected chi connectivity index (χ0v) is 12.0. The molecule has 1 amide bonds. The van der Waals surface area contributed by atoms with Crippen molar-refractivity contribution in [2.24, 2.45) is 11.7 Å². The molecule has 0 aromatic rings. The van der Waals surface area contributed by atoms with Gasteiger partial charge in [-0.15, -0.1) is 0 Å². The van der Waals surface area contributed by atoms with Crippen molar-refractivity contribution in [3.63, 3.8) is 0 Å². The van der Waals surface area contributed by atoms with Crippen molar-refractivity contribution in [1.29, 1.82) is 0 Å². The van der Waals surface area contributed by atoms with Gasteiger partial charge in [-0.1, -0.05) is 6.92 Å². The SMILES string of the molecule is CCOCCN(CCOCC)C(=O)CC(C)CN. The van der Waals surface area contributed by atoms with E-state index in [9.17, 15) is 4.79 Å². The molecule has 0 saturated carbocycles. The van der Waals surface area contributed by atoms with Crippen LogP contribution in [0.5, 0.6) is 0 Å². The molecular weight excluding hydrogens is 232 g/mol. The van der Waals surface area contributed by atoms with Crippen molar-refractivity contribution in [1.82, 2.24) is 4.90 Å². The van der Waals surface area contributed by atoms with E-state index in [1.165, 1.54) is 0 Å². The van der Waals surface area contributed by atoms with Gasteiger partial charge in [-0.3, -0.25) is 4.79 Å². The van der Waals surface area contributed by atoms with Gasteiger partial charge in [0.25, 0.3) is 0 Å². The number of hydrogen-bond donors (Lipinski definition) is 1. The molecule has 0 aromatic heterocycles. The lowest BCUT2D eigenvalue weighted by Crippen LogP contribution is -2.38. The predicted octanol–water partition coefficient (Wildman–Crippen LogP) is 0.873. The van der Waals surface area contributed by atoms with Crippen molar-refractivity contribution in [2.75, 3.05) is 46.1 Å². The van der Waals surface area contributed by atoms with E-state index in [0.717, 1.165) is 0 Å². The number of rotatable bonds is 11. The Morgan fingerprint density at radius 3 is 2.06 bits per heavy atom. The predicted molar refractivity (Wildman–Crippen MR) is 72.4 cm³/mol. The second kappa shape index (κ2) is 11.4. The van der Waals surface area contributed by atoms with Crippen LogP contribution in [0.25, 0.3) is 0 Å². The highest BCUT2D eigenvalue weighted by Crippen LogP contribution is 2.04. The summed E-state index contributed by atoms with van der Waals surface area (Å²) >= 11 is 0. The highest BCUT2D eigenvalue weighted by molar-refractivity contribution is 5.76. The second-order valence-electron chi connectivity index (χ2n) is 4.32. The number of carbonyl (C=O) groups is 1. The zero-order chi connectivity index (χ0) is 13.8. The molecule has 18 heavy (non-hydrogen) atoms. The lowest BCUT2D eigenvalue weighted by Gasteiger charge is -2.23. The molecule has 108 valence electrons. The Kier molecular flexibility index (Phi) is 11.0. The van der Waals surface area contributed by atoms with Crippen LogP contribution in [0.15, 0.2) is 0 Å². The molecule has 1 atom stereocenters. The van der Waals surface area contributed by atoms with Gasteiger partial charge < -0.3 is 20.1 Å². The molecule has 0 rings (SSSR count). The normalized spacial score (nSPS) is 12.4. The number of hydrogen-bond acceptors (Lipinski definition) is 4. The third kappa shape index (κ3) is 8.44. The van der Waals surface area contributed by atoms with Gasteiger partial charge in [0.05, 0.1) is 13.2 Å². The van der Waals surface area contributed by atoms with Crippen molar-refractivity contribution >= 4 is 5.91 Å². The molecule has 0 aliphatic rings. The maximum Gasteiger partial charge on any atom is 0.223 e. The van der Waals surface area contributed by atoms with Crippen LogP contribution >= 0.6 is 0 Å². The summed E-state index contributed by atoms with van der Waals surface area (Å²) < 4.78 is 10.6. The summed E-state index contributed by atoms with van der Waals surface area (Å²) in [4.78, 5) is 13.9. The van der Waals surface area contributed by atoms with Crippen molar-refractivity contribution in [3.05, 3.63) is 0 Å². The summed E-state index contributed by atoms with van der Waals surface area (Å²) in [7, 11) is 0. The van der Waals surface area contributed by atoms with Crippen molar-refractivity contribution in [3.8, 4) is 0 Å². The summed E-state index contributed by atoms with van der Waals surface area (Å²) in [6, 6.07) is 0. The van der Waals surface area contributed by atoms with Gasteiger partial charge >= 0.3 is 0 Å². The topological polar surface area (TPSA) is 64.8 Å². The molecule has 0 bridgehead atoms. The molecule has 5 heteroatoms. The fraction of sp³-hybridized carbons (Fsp3) is 0.923. The minimum Gasteiger partial charge on any atom is -0.380 e. The summed E-state index contributed by atoms with van der Waals surface area (Å²) in [6.45, 7) is 10.2. The van der Waals surface area contributed by atoms with Crippen LogP contribution < -0.4 is 5.73 Å². The molecule has 0 aliphatic heterocycles. The Labute approximate surface area is 111 Å². The van der Waals surface area contributed by atoms with E-state index in [1.807, 2.05) is 20.8 Å². The summed E-state index contributed by atoms with van der Waals surface area (Å²) in [5.74, 6) is 0.353. The van der Waals surface area contributed by atoms with E-state index in [-0.39, 0.29) is 11.8 Å². The smallest absolute Gasteiger partial charge is 0.223 e. The maximum atomic E-state index is 12.1. The van der Waals surface area contributed by atoms with Gasteiger partial charge in [-0.2, -0.15) is 0 Å².